The fourth-order valence-corrected chi connectivity index (χ4v) is 2.71. The lowest BCUT2D eigenvalue weighted by Crippen LogP contribution is -1.97. The Morgan fingerprint density at radius 3 is 2.61 bits per heavy atom. The average molecular weight is 306 g/mol. The van der Waals surface area contributed by atoms with Gasteiger partial charge < -0.3 is 4.57 Å². The molecular weight excluding hydrogens is 291 g/mol. The zero-order chi connectivity index (χ0) is 15.8. The Bertz CT molecular complexity index is 966. The van der Waals surface area contributed by atoms with Gasteiger partial charge in [0.2, 0.25) is 0 Å². The molecule has 0 unspecified atom stereocenters. The molecule has 23 heavy (non-hydrogen) atoms. The zero-order valence-electron chi connectivity index (χ0n) is 12.6. The highest BCUT2D eigenvalue weighted by molar-refractivity contribution is 5.86. The summed E-state index contributed by atoms with van der Waals surface area (Å²) in [6.45, 7) is 2.76. The van der Waals surface area contributed by atoms with Crippen LogP contribution < -0.4 is 0 Å². The summed E-state index contributed by atoms with van der Waals surface area (Å²) >= 11 is 0. The SMILES string of the molecule is CCn1ncc(-c2ccc3c(ccn3-c3ccc(F)cc3)c2)n1. The molecule has 0 saturated heterocycles. The van der Waals surface area contributed by atoms with Gasteiger partial charge in [-0.2, -0.15) is 15.0 Å². The van der Waals surface area contributed by atoms with Crippen LogP contribution in [0.3, 0.4) is 0 Å². The number of rotatable bonds is 3. The Morgan fingerprint density at radius 2 is 1.87 bits per heavy atom. The van der Waals surface area contributed by atoms with Gasteiger partial charge in [0, 0.05) is 22.8 Å². The van der Waals surface area contributed by atoms with Crippen LogP contribution in [0, 0.1) is 5.82 Å². The van der Waals surface area contributed by atoms with Crippen LogP contribution in [0.5, 0.6) is 0 Å². The minimum Gasteiger partial charge on any atom is -0.317 e. The van der Waals surface area contributed by atoms with Crippen molar-refractivity contribution in [1.82, 2.24) is 19.6 Å². The van der Waals surface area contributed by atoms with Crippen LogP contribution in [0.1, 0.15) is 6.92 Å². The molecule has 0 fully saturated rings. The third-order valence-corrected chi connectivity index (χ3v) is 3.91. The zero-order valence-corrected chi connectivity index (χ0v) is 12.6. The van der Waals surface area contributed by atoms with Crippen molar-refractivity contribution in [3.05, 3.63) is 66.7 Å². The predicted molar refractivity (Wildman–Crippen MR) is 87.9 cm³/mol. The fraction of sp³-hybridized carbons (Fsp3) is 0.111. The van der Waals surface area contributed by atoms with Crippen molar-refractivity contribution >= 4 is 10.9 Å². The molecule has 0 aliphatic rings. The molecule has 0 spiro atoms. The molecule has 0 N–H and O–H groups in total. The number of halogens is 1. The molecule has 2 heterocycles. The molecule has 0 aliphatic carbocycles. The average Bonchev–Trinajstić information content (AvgIpc) is 3.22. The van der Waals surface area contributed by atoms with Gasteiger partial charge in [0.05, 0.1) is 18.3 Å². The summed E-state index contributed by atoms with van der Waals surface area (Å²) in [5.74, 6) is -0.230. The van der Waals surface area contributed by atoms with Crippen molar-refractivity contribution in [2.24, 2.45) is 0 Å². The first kappa shape index (κ1) is 13.7. The van der Waals surface area contributed by atoms with E-state index in [4.69, 9.17) is 0 Å². The predicted octanol–water partition coefficient (Wildman–Crippen LogP) is 4.05. The van der Waals surface area contributed by atoms with Gasteiger partial charge in [-0.3, -0.25) is 0 Å². The van der Waals surface area contributed by atoms with E-state index in [1.54, 1.807) is 23.1 Å². The molecular formula is C18H15FN4. The molecule has 4 aromatic rings. The highest BCUT2D eigenvalue weighted by atomic mass is 19.1. The second-order valence-electron chi connectivity index (χ2n) is 5.35. The summed E-state index contributed by atoms with van der Waals surface area (Å²) in [4.78, 5) is 1.67. The lowest BCUT2D eigenvalue weighted by Gasteiger charge is -2.06. The van der Waals surface area contributed by atoms with Crippen LogP contribution in [0.4, 0.5) is 4.39 Å². The number of hydrogen-bond acceptors (Lipinski definition) is 2. The van der Waals surface area contributed by atoms with Gasteiger partial charge in [-0.1, -0.05) is 6.07 Å². The highest BCUT2D eigenvalue weighted by Crippen LogP contribution is 2.26. The van der Waals surface area contributed by atoms with Gasteiger partial charge in [0.1, 0.15) is 11.5 Å². The molecule has 0 radical (unpaired) electrons. The Kier molecular flexibility index (Phi) is 3.19. The first-order valence-corrected chi connectivity index (χ1v) is 7.52. The number of benzene rings is 2. The summed E-state index contributed by atoms with van der Waals surface area (Å²) in [5, 5.41) is 9.76. The van der Waals surface area contributed by atoms with E-state index in [2.05, 4.69) is 22.3 Å². The topological polar surface area (TPSA) is 35.6 Å². The summed E-state index contributed by atoms with van der Waals surface area (Å²) in [7, 11) is 0. The summed E-state index contributed by atoms with van der Waals surface area (Å²) in [6.07, 6.45) is 3.77. The smallest absolute Gasteiger partial charge is 0.123 e. The summed E-state index contributed by atoms with van der Waals surface area (Å²) < 4.78 is 15.1. The normalized spacial score (nSPS) is 11.2. The van der Waals surface area contributed by atoms with E-state index < -0.39 is 0 Å². The molecule has 114 valence electrons. The van der Waals surface area contributed by atoms with Crippen LogP contribution in [0.2, 0.25) is 0 Å². The van der Waals surface area contributed by atoms with Gasteiger partial charge in [-0.15, -0.1) is 0 Å². The van der Waals surface area contributed by atoms with Gasteiger partial charge in [0.25, 0.3) is 0 Å². The molecule has 0 saturated carbocycles. The summed E-state index contributed by atoms with van der Waals surface area (Å²) in [5.41, 5.74) is 3.91. The third-order valence-electron chi connectivity index (χ3n) is 3.91. The first-order valence-electron chi connectivity index (χ1n) is 7.52. The molecule has 2 aromatic carbocycles. The largest absolute Gasteiger partial charge is 0.317 e. The van der Waals surface area contributed by atoms with Gasteiger partial charge in [-0.05, 0) is 49.4 Å². The van der Waals surface area contributed by atoms with E-state index in [1.165, 1.54) is 12.1 Å². The Hall–Kier alpha value is -2.95. The maximum atomic E-state index is 13.1. The van der Waals surface area contributed by atoms with Crippen molar-refractivity contribution in [3.8, 4) is 16.9 Å². The molecule has 0 atom stereocenters. The number of aryl methyl sites for hydroxylation is 1. The van der Waals surface area contributed by atoms with Gasteiger partial charge in [0.15, 0.2) is 0 Å². The minimum atomic E-state index is -0.230. The Balaban J connectivity index is 1.78. The van der Waals surface area contributed by atoms with Crippen LogP contribution in [0.25, 0.3) is 27.8 Å². The molecule has 0 bridgehead atoms. The quantitative estimate of drug-likeness (QED) is 0.572. The van der Waals surface area contributed by atoms with E-state index in [1.807, 2.05) is 29.8 Å². The number of hydrogen-bond donors (Lipinski definition) is 0. The van der Waals surface area contributed by atoms with E-state index in [0.29, 0.717) is 0 Å². The van der Waals surface area contributed by atoms with Crippen molar-refractivity contribution in [3.63, 3.8) is 0 Å². The van der Waals surface area contributed by atoms with E-state index in [0.717, 1.165) is 34.4 Å². The van der Waals surface area contributed by atoms with E-state index in [-0.39, 0.29) is 5.82 Å². The highest BCUT2D eigenvalue weighted by Gasteiger charge is 2.08. The van der Waals surface area contributed by atoms with Crippen molar-refractivity contribution in [1.29, 1.82) is 0 Å². The monoisotopic (exact) mass is 306 g/mol. The summed E-state index contributed by atoms with van der Waals surface area (Å²) in [6, 6.07) is 14.7. The molecule has 4 nitrogen and oxygen atoms in total. The molecule has 2 aromatic heterocycles. The molecule has 4 rings (SSSR count). The van der Waals surface area contributed by atoms with Crippen molar-refractivity contribution < 1.29 is 4.39 Å². The number of aromatic nitrogens is 4. The molecule has 0 amide bonds. The van der Waals surface area contributed by atoms with E-state index in [9.17, 15) is 4.39 Å². The van der Waals surface area contributed by atoms with Crippen molar-refractivity contribution in [2.45, 2.75) is 13.5 Å². The fourth-order valence-electron chi connectivity index (χ4n) is 2.71. The lowest BCUT2D eigenvalue weighted by molar-refractivity contribution is 0.571. The van der Waals surface area contributed by atoms with Crippen LogP contribution in [-0.4, -0.2) is 19.6 Å². The lowest BCUT2D eigenvalue weighted by atomic mass is 10.1. The number of fused-ring (bicyclic) bond motifs is 1. The standard InChI is InChI=1S/C18H15FN4/c1-2-23-20-12-17(21-23)13-3-8-18-14(11-13)9-10-22(18)16-6-4-15(19)5-7-16/h3-12H,2H2,1H3. The number of nitrogens with zero attached hydrogens (tertiary/aromatic N) is 4. The van der Waals surface area contributed by atoms with Crippen LogP contribution in [-0.2, 0) is 6.54 Å². The second-order valence-corrected chi connectivity index (χ2v) is 5.35. The minimum absolute atomic E-state index is 0.230. The second kappa shape index (κ2) is 5.35. The Morgan fingerprint density at radius 1 is 1.04 bits per heavy atom. The van der Waals surface area contributed by atoms with Gasteiger partial charge >= 0.3 is 0 Å². The Labute approximate surface area is 132 Å². The maximum Gasteiger partial charge on any atom is 0.123 e. The first-order chi connectivity index (χ1) is 11.2. The van der Waals surface area contributed by atoms with Crippen LogP contribution in [0.15, 0.2) is 60.9 Å². The molecule has 0 aliphatic heterocycles. The van der Waals surface area contributed by atoms with E-state index >= 15 is 0 Å². The maximum absolute atomic E-state index is 13.1. The molecule has 5 heteroatoms. The van der Waals surface area contributed by atoms with Gasteiger partial charge in [-0.25, -0.2) is 4.39 Å². The van der Waals surface area contributed by atoms with Crippen LogP contribution >= 0.6 is 0 Å². The third kappa shape index (κ3) is 2.40. The van der Waals surface area contributed by atoms with Crippen molar-refractivity contribution in [2.75, 3.05) is 0 Å².